The van der Waals surface area contributed by atoms with Gasteiger partial charge in [-0.2, -0.15) is 13.2 Å². The molecule has 1 aliphatic heterocycles. The van der Waals surface area contributed by atoms with Crippen LogP contribution in [0.15, 0.2) is 42.5 Å². The number of carbonyl (C=O) groups is 2. The van der Waals surface area contributed by atoms with Gasteiger partial charge in [-0.05, 0) is 75.3 Å². The molecule has 1 heterocycles. The number of halogens is 4. The van der Waals surface area contributed by atoms with Crippen LogP contribution < -0.4 is 5.32 Å². The van der Waals surface area contributed by atoms with E-state index in [0.717, 1.165) is 12.1 Å². The number of amides is 1. The van der Waals surface area contributed by atoms with E-state index in [0.29, 0.717) is 31.5 Å². The second kappa shape index (κ2) is 9.28. The molecule has 2 N–H and O–H groups in total. The number of piperidine rings is 1. The minimum Gasteiger partial charge on any atom is -0.508 e. The maximum Gasteiger partial charge on any atom is 0.417 e. The van der Waals surface area contributed by atoms with Gasteiger partial charge in [-0.1, -0.05) is 11.6 Å². The SMILES string of the molecule is CC(C(=O)Nc1ccc(Cl)c(C(F)(F)F)c1)N1CCC(C(=O)c2ccc(O)cc2)CC1. The highest BCUT2D eigenvalue weighted by molar-refractivity contribution is 6.31. The monoisotopic (exact) mass is 454 g/mol. The van der Waals surface area contributed by atoms with Crippen LogP contribution in [0, 0.1) is 5.92 Å². The zero-order valence-electron chi connectivity index (χ0n) is 16.7. The molecule has 1 fully saturated rings. The number of carbonyl (C=O) groups excluding carboxylic acids is 2. The summed E-state index contributed by atoms with van der Waals surface area (Å²) in [4.78, 5) is 27.1. The van der Waals surface area contributed by atoms with Gasteiger partial charge in [0.25, 0.3) is 0 Å². The van der Waals surface area contributed by atoms with Crippen molar-refractivity contribution in [3.8, 4) is 5.75 Å². The van der Waals surface area contributed by atoms with Crippen LogP contribution in [0.5, 0.6) is 5.75 Å². The lowest BCUT2D eigenvalue weighted by Crippen LogP contribution is -2.47. The highest BCUT2D eigenvalue weighted by Gasteiger charge is 2.34. The lowest BCUT2D eigenvalue weighted by atomic mass is 9.88. The van der Waals surface area contributed by atoms with Gasteiger partial charge in [-0.25, -0.2) is 0 Å². The molecule has 2 aromatic rings. The van der Waals surface area contributed by atoms with Crippen LogP contribution in [-0.4, -0.2) is 40.8 Å². The molecule has 166 valence electrons. The van der Waals surface area contributed by atoms with Gasteiger partial charge in [0.2, 0.25) is 5.91 Å². The maximum atomic E-state index is 13.0. The first-order valence-electron chi connectivity index (χ1n) is 9.81. The lowest BCUT2D eigenvalue weighted by molar-refractivity contribution is -0.137. The summed E-state index contributed by atoms with van der Waals surface area (Å²) in [6.45, 7) is 2.70. The molecule has 0 saturated carbocycles. The number of nitrogens with one attached hydrogen (secondary N) is 1. The fourth-order valence-corrected chi connectivity index (χ4v) is 3.87. The minimum atomic E-state index is -4.62. The number of rotatable bonds is 5. The first-order valence-corrected chi connectivity index (χ1v) is 10.2. The summed E-state index contributed by atoms with van der Waals surface area (Å²) in [6, 6.07) is 8.77. The van der Waals surface area contributed by atoms with E-state index in [1.807, 2.05) is 4.90 Å². The van der Waals surface area contributed by atoms with Gasteiger partial charge in [-0.15, -0.1) is 0 Å². The molecule has 1 aliphatic rings. The Hall–Kier alpha value is -2.58. The molecule has 2 aromatic carbocycles. The predicted molar refractivity (Wildman–Crippen MR) is 111 cm³/mol. The number of aromatic hydroxyl groups is 1. The molecule has 0 radical (unpaired) electrons. The van der Waals surface area contributed by atoms with Crippen molar-refractivity contribution in [2.75, 3.05) is 18.4 Å². The summed E-state index contributed by atoms with van der Waals surface area (Å²) in [7, 11) is 0. The Morgan fingerprint density at radius 3 is 2.32 bits per heavy atom. The van der Waals surface area contributed by atoms with Gasteiger partial charge in [0, 0.05) is 17.2 Å². The molecule has 3 rings (SSSR count). The normalized spacial score (nSPS) is 16.7. The number of phenolic OH excluding ortho intramolecular Hbond substituents is 1. The number of alkyl halides is 3. The number of Topliss-reactive ketones (excluding diaryl/α,β-unsaturated/α-hetero) is 1. The zero-order chi connectivity index (χ0) is 22.8. The van der Waals surface area contributed by atoms with Crippen molar-refractivity contribution in [2.24, 2.45) is 5.92 Å². The molecule has 9 heteroatoms. The van der Waals surface area contributed by atoms with Gasteiger partial charge >= 0.3 is 6.18 Å². The number of benzene rings is 2. The lowest BCUT2D eigenvalue weighted by Gasteiger charge is -2.34. The van der Waals surface area contributed by atoms with Crippen LogP contribution in [0.3, 0.4) is 0 Å². The third kappa shape index (κ3) is 5.57. The van der Waals surface area contributed by atoms with E-state index in [2.05, 4.69) is 5.32 Å². The Bertz CT molecular complexity index is 955. The largest absolute Gasteiger partial charge is 0.508 e. The summed E-state index contributed by atoms with van der Waals surface area (Å²) >= 11 is 5.61. The standard InChI is InChI=1S/C22H22ClF3N2O3/c1-13(21(31)27-16-4-7-19(23)18(12-16)22(24,25)26)28-10-8-15(9-11-28)20(30)14-2-5-17(29)6-3-14/h2-7,12-13,15,29H,8-11H2,1H3,(H,27,31). The molecule has 1 saturated heterocycles. The van der Waals surface area contributed by atoms with Crippen molar-refractivity contribution >= 4 is 29.0 Å². The van der Waals surface area contributed by atoms with E-state index in [9.17, 15) is 27.9 Å². The predicted octanol–water partition coefficient (Wildman–Crippen LogP) is 4.99. The molecule has 0 aromatic heterocycles. The van der Waals surface area contributed by atoms with Crippen LogP contribution in [0.2, 0.25) is 5.02 Å². The Morgan fingerprint density at radius 2 is 1.74 bits per heavy atom. The van der Waals surface area contributed by atoms with Crippen molar-refractivity contribution in [3.63, 3.8) is 0 Å². The van der Waals surface area contributed by atoms with E-state index in [1.54, 1.807) is 19.1 Å². The molecule has 1 atom stereocenters. The van der Waals surface area contributed by atoms with Crippen LogP contribution in [0.4, 0.5) is 18.9 Å². The first-order chi connectivity index (χ1) is 14.6. The molecule has 31 heavy (non-hydrogen) atoms. The number of likely N-dealkylation sites (tertiary alicyclic amines) is 1. The van der Waals surface area contributed by atoms with Crippen molar-refractivity contribution in [3.05, 3.63) is 58.6 Å². The van der Waals surface area contributed by atoms with Crippen LogP contribution in [-0.2, 0) is 11.0 Å². The van der Waals surface area contributed by atoms with Crippen LogP contribution in [0.25, 0.3) is 0 Å². The van der Waals surface area contributed by atoms with Gasteiger partial charge in [0.1, 0.15) is 5.75 Å². The Labute approximate surface area is 182 Å². The average Bonchev–Trinajstić information content (AvgIpc) is 2.74. The number of anilines is 1. The van der Waals surface area contributed by atoms with Crippen LogP contribution >= 0.6 is 11.6 Å². The molecule has 1 amide bonds. The van der Waals surface area contributed by atoms with E-state index in [1.165, 1.54) is 18.2 Å². The van der Waals surface area contributed by atoms with Crippen molar-refractivity contribution in [1.82, 2.24) is 4.90 Å². The molecule has 1 unspecified atom stereocenters. The zero-order valence-corrected chi connectivity index (χ0v) is 17.5. The van der Waals surface area contributed by atoms with Gasteiger partial charge in [0.15, 0.2) is 5.78 Å². The average molecular weight is 455 g/mol. The van der Waals surface area contributed by atoms with Crippen molar-refractivity contribution in [2.45, 2.75) is 32.0 Å². The van der Waals surface area contributed by atoms with E-state index in [4.69, 9.17) is 11.6 Å². The second-order valence-electron chi connectivity index (χ2n) is 7.58. The number of ketones is 1. The Balaban J connectivity index is 1.58. The minimum absolute atomic E-state index is 0.00222. The summed E-state index contributed by atoms with van der Waals surface area (Å²) in [5.41, 5.74) is -0.454. The van der Waals surface area contributed by atoms with Crippen molar-refractivity contribution < 1.29 is 27.9 Å². The molecule has 5 nitrogen and oxygen atoms in total. The summed E-state index contributed by atoms with van der Waals surface area (Å²) in [6.07, 6.45) is -3.48. The number of hydrogen-bond donors (Lipinski definition) is 2. The summed E-state index contributed by atoms with van der Waals surface area (Å²) in [5.74, 6) is -0.521. The highest BCUT2D eigenvalue weighted by atomic mass is 35.5. The van der Waals surface area contributed by atoms with Crippen molar-refractivity contribution in [1.29, 1.82) is 0 Å². The number of phenols is 1. The fraction of sp³-hybridized carbons (Fsp3) is 0.364. The third-order valence-electron chi connectivity index (χ3n) is 5.52. The second-order valence-corrected chi connectivity index (χ2v) is 7.99. The first kappa shape index (κ1) is 23.1. The molecule has 0 aliphatic carbocycles. The Morgan fingerprint density at radius 1 is 1.13 bits per heavy atom. The maximum absolute atomic E-state index is 13.0. The molecular weight excluding hydrogens is 433 g/mol. The smallest absolute Gasteiger partial charge is 0.417 e. The van der Waals surface area contributed by atoms with E-state index >= 15 is 0 Å². The molecular formula is C22H22ClF3N2O3. The Kier molecular flexibility index (Phi) is 6.91. The van der Waals surface area contributed by atoms with E-state index < -0.39 is 28.7 Å². The van der Waals surface area contributed by atoms with Crippen LogP contribution in [0.1, 0.15) is 35.7 Å². The number of nitrogens with zero attached hydrogens (tertiary/aromatic N) is 1. The quantitative estimate of drug-likeness (QED) is 0.625. The van der Waals surface area contributed by atoms with Gasteiger partial charge in [-0.3, -0.25) is 14.5 Å². The number of hydrogen-bond acceptors (Lipinski definition) is 4. The fourth-order valence-electron chi connectivity index (χ4n) is 3.64. The van der Waals surface area contributed by atoms with E-state index in [-0.39, 0.29) is 23.1 Å². The molecule has 0 bridgehead atoms. The summed E-state index contributed by atoms with van der Waals surface area (Å²) in [5, 5.41) is 11.4. The van der Waals surface area contributed by atoms with Gasteiger partial charge < -0.3 is 10.4 Å². The highest BCUT2D eigenvalue weighted by Crippen LogP contribution is 2.36. The molecule has 0 spiro atoms. The topological polar surface area (TPSA) is 69.6 Å². The third-order valence-corrected chi connectivity index (χ3v) is 5.85. The summed E-state index contributed by atoms with van der Waals surface area (Å²) < 4.78 is 39.0. The van der Waals surface area contributed by atoms with Gasteiger partial charge in [0.05, 0.1) is 16.6 Å².